The van der Waals surface area contributed by atoms with Gasteiger partial charge in [-0.2, -0.15) is 8.42 Å². The minimum atomic E-state index is -3.97. The largest absolute Gasteiger partial charge is 1.00 e. The molecule has 0 bridgehead atoms. The number of carbonyl (C=O) groups excluding carboxylic acids is 1. The molecule has 0 saturated heterocycles. The Labute approximate surface area is 120 Å². The van der Waals surface area contributed by atoms with Crippen LogP contribution in [0.1, 0.15) is 32.6 Å². The molecular formula is C9H19NNaO4S+. The molecule has 0 saturated carbocycles. The summed E-state index contributed by atoms with van der Waals surface area (Å²) in [5.74, 6) is -0.477. The molecule has 0 unspecified atom stereocenters. The maximum atomic E-state index is 11.4. The molecule has 0 aliphatic heterocycles. The fourth-order valence-corrected chi connectivity index (χ4v) is 1.60. The van der Waals surface area contributed by atoms with Gasteiger partial charge in [-0.25, -0.2) is 0 Å². The van der Waals surface area contributed by atoms with Gasteiger partial charge < -0.3 is 4.90 Å². The van der Waals surface area contributed by atoms with E-state index in [1.54, 1.807) is 7.05 Å². The predicted octanol–water partition coefficient (Wildman–Crippen LogP) is -2.08. The summed E-state index contributed by atoms with van der Waals surface area (Å²) in [5, 5.41) is 0. The Morgan fingerprint density at radius 1 is 1.31 bits per heavy atom. The number of carbonyl (C=O) groups is 1. The third-order valence-corrected chi connectivity index (χ3v) is 2.80. The van der Waals surface area contributed by atoms with E-state index in [1.807, 2.05) is 6.92 Å². The number of rotatable bonds is 7. The molecule has 0 spiro atoms. The van der Waals surface area contributed by atoms with Crippen LogP contribution in [0.15, 0.2) is 0 Å². The Balaban J connectivity index is 0. The fourth-order valence-electron chi connectivity index (χ4n) is 1.09. The minimum Gasteiger partial charge on any atom is -0.345 e. The normalized spacial score (nSPS) is 10.7. The van der Waals surface area contributed by atoms with Crippen LogP contribution in [-0.4, -0.2) is 43.1 Å². The standard InChI is InChI=1S/C9H19NO4S.Na/c1-3-4-5-6-9(11)10(2)7-8-15(12,13)14;/h3-8H2,1-2H3,(H,12,13,14);/q;+1. The smallest absolute Gasteiger partial charge is 0.345 e. The summed E-state index contributed by atoms with van der Waals surface area (Å²) in [6.45, 7) is 2.09. The first kappa shape index (κ1) is 18.7. The molecule has 0 radical (unpaired) electrons. The number of hydrogen-bond donors (Lipinski definition) is 1. The average Bonchev–Trinajstić information content (AvgIpc) is 2.13. The van der Waals surface area contributed by atoms with Crippen molar-refractivity contribution in [2.75, 3.05) is 19.3 Å². The zero-order chi connectivity index (χ0) is 11.9. The van der Waals surface area contributed by atoms with Crippen molar-refractivity contribution in [3.05, 3.63) is 0 Å². The summed E-state index contributed by atoms with van der Waals surface area (Å²) < 4.78 is 29.4. The van der Waals surface area contributed by atoms with Gasteiger partial charge in [-0.3, -0.25) is 9.35 Å². The molecule has 0 heterocycles. The summed E-state index contributed by atoms with van der Waals surface area (Å²) >= 11 is 0. The molecule has 1 N–H and O–H groups in total. The third-order valence-electron chi connectivity index (χ3n) is 2.10. The molecule has 7 heteroatoms. The molecule has 0 rings (SSSR count). The second kappa shape index (κ2) is 9.41. The SMILES string of the molecule is CCCCCC(=O)N(C)CCS(=O)(=O)O.[Na+]. The van der Waals surface area contributed by atoms with E-state index in [-0.39, 0.29) is 42.0 Å². The van der Waals surface area contributed by atoms with Gasteiger partial charge in [-0.05, 0) is 6.42 Å². The molecule has 90 valence electrons. The van der Waals surface area contributed by atoms with Crippen molar-refractivity contribution in [3.63, 3.8) is 0 Å². The van der Waals surface area contributed by atoms with E-state index in [1.165, 1.54) is 4.90 Å². The zero-order valence-electron chi connectivity index (χ0n) is 10.3. The van der Waals surface area contributed by atoms with Gasteiger partial charge in [-0.15, -0.1) is 0 Å². The minimum absolute atomic E-state index is 0. The van der Waals surface area contributed by atoms with Gasteiger partial charge >= 0.3 is 29.6 Å². The molecular weight excluding hydrogens is 241 g/mol. The van der Waals surface area contributed by atoms with Crippen molar-refractivity contribution in [2.45, 2.75) is 32.6 Å². The molecule has 16 heavy (non-hydrogen) atoms. The van der Waals surface area contributed by atoms with E-state index < -0.39 is 15.9 Å². The number of unbranched alkanes of at least 4 members (excludes halogenated alkanes) is 2. The first-order chi connectivity index (χ1) is 6.87. The van der Waals surface area contributed by atoms with Crippen LogP contribution in [-0.2, 0) is 14.9 Å². The van der Waals surface area contributed by atoms with Crippen LogP contribution < -0.4 is 29.6 Å². The fraction of sp³-hybridized carbons (Fsp3) is 0.889. The van der Waals surface area contributed by atoms with Crippen molar-refractivity contribution < 1.29 is 47.3 Å². The maximum Gasteiger partial charge on any atom is 1.00 e. The van der Waals surface area contributed by atoms with Crippen molar-refractivity contribution >= 4 is 16.0 Å². The number of amides is 1. The van der Waals surface area contributed by atoms with Gasteiger partial charge in [0.15, 0.2) is 0 Å². The van der Waals surface area contributed by atoms with Crippen LogP contribution in [0.2, 0.25) is 0 Å². The van der Waals surface area contributed by atoms with Crippen LogP contribution in [0.4, 0.5) is 0 Å². The topological polar surface area (TPSA) is 74.7 Å². The summed E-state index contributed by atoms with van der Waals surface area (Å²) in [4.78, 5) is 12.7. The number of hydrogen-bond acceptors (Lipinski definition) is 3. The Hall–Kier alpha value is 0.380. The van der Waals surface area contributed by atoms with Crippen molar-refractivity contribution in [1.29, 1.82) is 0 Å². The Kier molecular flexibility index (Phi) is 11.0. The summed E-state index contributed by atoms with van der Waals surface area (Å²) in [5.41, 5.74) is 0. The van der Waals surface area contributed by atoms with Crippen LogP contribution >= 0.6 is 0 Å². The Bertz CT molecular complexity index is 292. The van der Waals surface area contributed by atoms with Gasteiger partial charge in [-0.1, -0.05) is 19.8 Å². The second-order valence-corrected chi connectivity index (χ2v) is 5.13. The van der Waals surface area contributed by atoms with Crippen LogP contribution in [0, 0.1) is 0 Å². The maximum absolute atomic E-state index is 11.4. The van der Waals surface area contributed by atoms with Crippen molar-refractivity contribution in [1.82, 2.24) is 4.90 Å². The molecule has 0 aromatic rings. The average molecular weight is 260 g/mol. The Morgan fingerprint density at radius 2 is 1.88 bits per heavy atom. The van der Waals surface area contributed by atoms with E-state index >= 15 is 0 Å². The molecule has 0 aliphatic carbocycles. The zero-order valence-corrected chi connectivity index (χ0v) is 13.1. The quantitative estimate of drug-likeness (QED) is 0.324. The number of nitrogens with zero attached hydrogens (tertiary/aromatic N) is 1. The van der Waals surface area contributed by atoms with Crippen LogP contribution in [0.25, 0.3) is 0 Å². The summed E-state index contributed by atoms with van der Waals surface area (Å²) in [7, 11) is -2.43. The second-order valence-electron chi connectivity index (χ2n) is 3.56. The van der Waals surface area contributed by atoms with Crippen LogP contribution in [0.5, 0.6) is 0 Å². The first-order valence-electron chi connectivity index (χ1n) is 5.06. The molecule has 0 atom stereocenters. The molecule has 1 amide bonds. The Morgan fingerprint density at radius 3 is 2.31 bits per heavy atom. The van der Waals surface area contributed by atoms with Gasteiger partial charge in [0.2, 0.25) is 5.91 Å². The third kappa shape index (κ3) is 10.9. The molecule has 0 aliphatic rings. The van der Waals surface area contributed by atoms with E-state index in [0.29, 0.717) is 6.42 Å². The van der Waals surface area contributed by atoms with E-state index in [4.69, 9.17) is 4.55 Å². The predicted molar refractivity (Wildman–Crippen MR) is 58.2 cm³/mol. The molecule has 0 fully saturated rings. The summed E-state index contributed by atoms with van der Waals surface area (Å²) in [6.07, 6.45) is 3.31. The monoisotopic (exact) mass is 260 g/mol. The molecule has 5 nitrogen and oxygen atoms in total. The van der Waals surface area contributed by atoms with E-state index in [0.717, 1.165) is 19.3 Å². The summed E-state index contributed by atoms with van der Waals surface area (Å²) in [6, 6.07) is 0. The van der Waals surface area contributed by atoms with Gasteiger partial charge in [0.25, 0.3) is 10.1 Å². The van der Waals surface area contributed by atoms with Crippen LogP contribution in [0.3, 0.4) is 0 Å². The molecule has 0 aromatic heterocycles. The van der Waals surface area contributed by atoms with Gasteiger partial charge in [0.1, 0.15) is 0 Å². The van der Waals surface area contributed by atoms with Gasteiger partial charge in [0, 0.05) is 20.0 Å². The first-order valence-corrected chi connectivity index (χ1v) is 6.67. The van der Waals surface area contributed by atoms with Crippen molar-refractivity contribution in [2.24, 2.45) is 0 Å². The molecule has 0 aromatic carbocycles. The van der Waals surface area contributed by atoms with Crippen molar-refractivity contribution in [3.8, 4) is 0 Å². The van der Waals surface area contributed by atoms with E-state index in [9.17, 15) is 13.2 Å². The van der Waals surface area contributed by atoms with Gasteiger partial charge in [0.05, 0.1) is 5.75 Å². The van der Waals surface area contributed by atoms with E-state index in [2.05, 4.69) is 0 Å².